The third-order valence-corrected chi connectivity index (χ3v) is 3.24. The van der Waals surface area contributed by atoms with Crippen molar-refractivity contribution in [1.82, 2.24) is 15.0 Å². The second-order valence-corrected chi connectivity index (χ2v) is 5.02. The van der Waals surface area contributed by atoms with Gasteiger partial charge in [-0.25, -0.2) is 4.98 Å². The molecule has 0 aromatic carbocycles. The van der Waals surface area contributed by atoms with E-state index in [2.05, 4.69) is 32.5 Å². The fourth-order valence-electron chi connectivity index (χ4n) is 1.52. The fraction of sp³-hybridized carbons (Fsp3) is 0.417. The first-order valence-electron chi connectivity index (χ1n) is 6.17. The van der Waals surface area contributed by atoms with Gasteiger partial charge in [0.15, 0.2) is 0 Å². The molecule has 0 aliphatic carbocycles. The van der Waals surface area contributed by atoms with Crippen LogP contribution < -0.4 is 15.5 Å². The molecule has 102 valence electrons. The van der Waals surface area contributed by atoms with Crippen LogP contribution in [0.5, 0.6) is 0 Å². The number of aromatic nitrogens is 3. The summed E-state index contributed by atoms with van der Waals surface area (Å²) in [6, 6.07) is 0. The molecule has 0 unspecified atom stereocenters. The zero-order chi connectivity index (χ0) is 13.7. The maximum atomic E-state index is 11.0. The van der Waals surface area contributed by atoms with Crippen molar-refractivity contribution in [2.24, 2.45) is 0 Å². The van der Waals surface area contributed by atoms with Crippen LogP contribution in [0.2, 0.25) is 0 Å². The van der Waals surface area contributed by atoms with E-state index >= 15 is 0 Å². The molecule has 0 aliphatic heterocycles. The Balaban J connectivity index is 2.04. The largest absolute Gasteiger partial charge is 0.364 e. The molecule has 0 amide bonds. The average molecular weight is 279 g/mol. The zero-order valence-electron chi connectivity index (χ0n) is 11.0. The van der Waals surface area contributed by atoms with E-state index < -0.39 is 0 Å². The lowest BCUT2D eigenvalue weighted by Crippen LogP contribution is -2.09. The van der Waals surface area contributed by atoms with Crippen molar-refractivity contribution < 1.29 is 0 Å². The van der Waals surface area contributed by atoms with Gasteiger partial charge in [-0.2, -0.15) is 4.98 Å². The molecule has 0 saturated heterocycles. The van der Waals surface area contributed by atoms with Gasteiger partial charge in [0.1, 0.15) is 5.82 Å². The Morgan fingerprint density at radius 2 is 2.26 bits per heavy atom. The Kier molecular flexibility index (Phi) is 4.51. The predicted octanol–water partition coefficient (Wildman–Crippen LogP) is 1.97. The number of nitrogens with zero attached hydrogens (tertiary/aromatic N) is 2. The normalized spacial score (nSPS) is 10.4. The lowest BCUT2D eigenvalue weighted by Gasteiger charge is -2.09. The van der Waals surface area contributed by atoms with E-state index in [4.69, 9.17) is 0 Å². The Hall–Kier alpha value is -1.89. The minimum atomic E-state index is -0.0403. The smallest absolute Gasteiger partial charge is 0.304 e. The summed E-state index contributed by atoms with van der Waals surface area (Å²) in [6.45, 7) is 5.43. The van der Waals surface area contributed by atoms with Crippen LogP contribution in [0.15, 0.2) is 16.4 Å². The first-order chi connectivity index (χ1) is 9.19. The van der Waals surface area contributed by atoms with Crippen LogP contribution in [-0.2, 0) is 6.54 Å². The van der Waals surface area contributed by atoms with E-state index in [1.54, 1.807) is 6.20 Å². The molecule has 2 heterocycles. The van der Waals surface area contributed by atoms with Gasteiger partial charge >= 0.3 is 4.87 Å². The number of nitrogens with one attached hydrogen (secondary N) is 3. The van der Waals surface area contributed by atoms with Gasteiger partial charge < -0.3 is 15.6 Å². The standard InChI is InChI=1S/C12H17N5OS/c1-3-4-13-11-15-5-8(2)10(17-11)14-6-9-7-19-12(18)16-9/h5,7H,3-4,6H2,1-2H3,(H,16,18)(H2,13,14,15,17). The minimum absolute atomic E-state index is 0.0403. The van der Waals surface area contributed by atoms with Crippen LogP contribution in [0.1, 0.15) is 24.6 Å². The van der Waals surface area contributed by atoms with Crippen LogP contribution >= 0.6 is 11.3 Å². The van der Waals surface area contributed by atoms with Gasteiger partial charge in [0.25, 0.3) is 0 Å². The maximum Gasteiger partial charge on any atom is 0.304 e. The number of H-pyrrole nitrogens is 1. The summed E-state index contributed by atoms with van der Waals surface area (Å²) in [5.41, 5.74) is 1.83. The van der Waals surface area contributed by atoms with Crippen molar-refractivity contribution in [3.05, 3.63) is 32.5 Å². The van der Waals surface area contributed by atoms with Crippen molar-refractivity contribution in [2.45, 2.75) is 26.8 Å². The molecule has 2 rings (SSSR count). The lowest BCUT2D eigenvalue weighted by molar-refractivity contribution is 0.945. The molecule has 0 spiro atoms. The number of thiazole rings is 1. The lowest BCUT2D eigenvalue weighted by atomic mass is 10.3. The van der Waals surface area contributed by atoms with E-state index in [1.165, 1.54) is 0 Å². The second-order valence-electron chi connectivity index (χ2n) is 4.18. The maximum absolute atomic E-state index is 11.0. The summed E-state index contributed by atoms with van der Waals surface area (Å²) in [5.74, 6) is 1.40. The highest BCUT2D eigenvalue weighted by molar-refractivity contribution is 7.07. The van der Waals surface area contributed by atoms with Gasteiger partial charge in [0.05, 0.1) is 6.54 Å². The van der Waals surface area contributed by atoms with Crippen molar-refractivity contribution in [3.8, 4) is 0 Å². The molecule has 0 fully saturated rings. The zero-order valence-corrected chi connectivity index (χ0v) is 11.8. The summed E-state index contributed by atoms with van der Waals surface area (Å²) < 4.78 is 0. The highest BCUT2D eigenvalue weighted by atomic mass is 32.1. The molecule has 0 radical (unpaired) electrons. The van der Waals surface area contributed by atoms with Crippen molar-refractivity contribution in [3.63, 3.8) is 0 Å². The van der Waals surface area contributed by atoms with E-state index in [0.29, 0.717) is 12.5 Å². The van der Waals surface area contributed by atoms with Crippen molar-refractivity contribution in [1.29, 1.82) is 0 Å². The summed E-state index contributed by atoms with van der Waals surface area (Å²) in [4.78, 5) is 22.4. The third-order valence-electron chi connectivity index (χ3n) is 2.52. The predicted molar refractivity (Wildman–Crippen MR) is 77.8 cm³/mol. The first-order valence-corrected chi connectivity index (χ1v) is 7.05. The summed E-state index contributed by atoms with van der Waals surface area (Å²) in [6.07, 6.45) is 2.81. The van der Waals surface area contributed by atoms with E-state index in [9.17, 15) is 4.79 Å². The van der Waals surface area contributed by atoms with E-state index in [-0.39, 0.29) is 4.87 Å². The molecular weight excluding hydrogens is 262 g/mol. The molecule has 2 aromatic heterocycles. The minimum Gasteiger partial charge on any atom is -0.364 e. The van der Waals surface area contributed by atoms with Crippen LogP contribution in [-0.4, -0.2) is 21.5 Å². The number of aromatic amines is 1. The van der Waals surface area contributed by atoms with E-state index in [0.717, 1.165) is 41.4 Å². The summed E-state index contributed by atoms with van der Waals surface area (Å²) >= 11 is 1.16. The molecule has 7 heteroatoms. The Bertz CT molecular complexity index is 592. The SMILES string of the molecule is CCCNc1ncc(C)c(NCc2csc(=O)[nH]2)n1. The number of anilines is 2. The van der Waals surface area contributed by atoms with Gasteiger partial charge in [0, 0.05) is 29.4 Å². The third kappa shape index (κ3) is 3.78. The monoisotopic (exact) mass is 279 g/mol. The first kappa shape index (κ1) is 13.5. The van der Waals surface area contributed by atoms with Crippen LogP contribution in [0.3, 0.4) is 0 Å². The molecule has 3 N–H and O–H groups in total. The molecule has 19 heavy (non-hydrogen) atoms. The van der Waals surface area contributed by atoms with Crippen molar-refractivity contribution in [2.75, 3.05) is 17.2 Å². The molecule has 0 bridgehead atoms. The average Bonchev–Trinajstić information content (AvgIpc) is 2.82. The Morgan fingerprint density at radius 1 is 1.42 bits per heavy atom. The number of hydrogen-bond acceptors (Lipinski definition) is 6. The quantitative estimate of drug-likeness (QED) is 0.753. The summed E-state index contributed by atoms with van der Waals surface area (Å²) in [7, 11) is 0. The van der Waals surface area contributed by atoms with Crippen LogP contribution in [0.4, 0.5) is 11.8 Å². The highest BCUT2D eigenvalue weighted by Gasteiger charge is 2.04. The van der Waals surface area contributed by atoms with Gasteiger partial charge in [-0.3, -0.25) is 4.79 Å². The number of rotatable bonds is 6. The Labute approximate surface area is 115 Å². The van der Waals surface area contributed by atoms with Gasteiger partial charge in [-0.15, -0.1) is 0 Å². The molecule has 0 aliphatic rings. The van der Waals surface area contributed by atoms with Crippen LogP contribution in [0.25, 0.3) is 0 Å². The molecular formula is C12H17N5OS. The Morgan fingerprint density at radius 3 is 2.95 bits per heavy atom. The van der Waals surface area contributed by atoms with Crippen molar-refractivity contribution >= 4 is 23.1 Å². The topological polar surface area (TPSA) is 82.7 Å². The number of hydrogen-bond donors (Lipinski definition) is 3. The van der Waals surface area contributed by atoms with Gasteiger partial charge in [-0.1, -0.05) is 18.3 Å². The molecule has 2 aromatic rings. The second kappa shape index (κ2) is 6.33. The van der Waals surface area contributed by atoms with Crippen LogP contribution in [0, 0.1) is 6.92 Å². The molecule has 0 saturated carbocycles. The molecule has 0 atom stereocenters. The summed E-state index contributed by atoms with van der Waals surface area (Å²) in [5, 5.41) is 8.16. The number of aryl methyl sites for hydroxylation is 1. The molecule has 6 nitrogen and oxygen atoms in total. The van der Waals surface area contributed by atoms with Gasteiger partial charge in [-0.05, 0) is 13.3 Å². The van der Waals surface area contributed by atoms with E-state index in [1.807, 2.05) is 12.3 Å². The van der Waals surface area contributed by atoms with Gasteiger partial charge in [0.2, 0.25) is 5.95 Å². The fourth-order valence-corrected chi connectivity index (χ4v) is 2.10. The highest BCUT2D eigenvalue weighted by Crippen LogP contribution is 2.13.